The van der Waals surface area contributed by atoms with Crippen LogP contribution in [0.4, 0.5) is 4.39 Å². The van der Waals surface area contributed by atoms with Crippen molar-refractivity contribution < 1.29 is 19.2 Å². The summed E-state index contributed by atoms with van der Waals surface area (Å²) in [6, 6.07) is 11.3. The molecule has 0 aromatic heterocycles. The van der Waals surface area contributed by atoms with Crippen LogP contribution in [0.3, 0.4) is 0 Å². The lowest BCUT2D eigenvalue weighted by Crippen LogP contribution is -2.29. The fraction of sp³-hybridized carbons (Fsp3) is 0.400. The SMILES string of the molecule is CCCCCCCCOc1ccc(-c2ccc(B(O)O)cc2)c(F)c1. The monoisotopic (exact) mass is 344 g/mol. The average molecular weight is 344 g/mol. The molecule has 2 N–H and O–H groups in total. The summed E-state index contributed by atoms with van der Waals surface area (Å²) in [6.45, 7) is 2.81. The fourth-order valence-electron chi connectivity index (χ4n) is 2.73. The normalized spacial score (nSPS) is 10.7. The van der Waals surface area contributed by atoms with Crippen molar-refractivity contribution in [2.24, 2.45) is 0 Å². The van der Waals surface area contributed by atoms with Gasteiger partial charge < -0.3 is 14.8 Å². The molecule has 2 aromatic rings. The van der Waals surface area contributed by atoms with Crippen LogP contribution in [0.5, 0.6) is 5.75 Å². The molecule has 5 heteroatoms. The number of benzene rings is 2. The van der Waals surface area contributed by atoms with Gasteiger partial charge in [0.2, 0.25) is 0 Å². The predicted octanol–water partition coefficient (Wildman–Crippen LogP) is 3.91. The van der Waals surface area contributed by atoms with E-state index in [9.17, 15) is 4.39 Å². The van der Waals surface area contributed by atoms with Crippen LogP contribution < -0.4 is 10.2 Å². The van der Waals surface area contributed by atoms with Gasteiger partial charge in [0, 0.05) is 11.6 Å². The van der Waals surface area contributed by atoms with Crippen molar-refractivity contribution >= 4 is 12.6 Å². The number of rotatable bonds is 10. The Morgan fingerprint density at radius 1 is 0.920 bits per heavy atom. The maximum atomic E-state index is 14.3. The summed E-state index contributed by atoms with van der Waals surface area (Å²) >= 11 is 0. The van der Waals surface area contributed by atoms with E-state index in [0.717, 1.165) is 12.8 Å². The van der Waals surface area contributed by atoms with Gasteiger partial charge in [-0.1, -0.05) is 63.3 Å². The van der Waals surface area contributed by atoms with E-state index in [1.807, 2.05) is 0 Å². The quantitative estimate of drug-likeness (QED) is 0.507. The van der Waals surface area contributed by atoms with E-state index >= 15 is 0 Å². The summed E-state index contributed by atoms with van der Waals surface area (Å²) in [4.78, 5) is 0. The number of hydrogen-bond acceptors (Lipinski definition) is 3. The van der Waals surface area contributed by atoms with Crippen molar-refractivity contribution in [2.45, 2.75) is 45.4 Å². The van der Waals surface area contributed by atoms with Crippen LogP contribution in [0.15, 0.2) is 42.5 Å². The zero-order chi connectivity index (χ0) is 18.1. The van der Waals surface area contributed by atoms with E-state index in [4.69, 9.17) is 14.8 Å². The Bertz CT molecular complexity index is 644. The number of unbranched alkanes of at least 4 members (excludes halogenated alkanes) is 5. The maximum absolute atomic E-state index is 14.3. The van der Waals surface area contributed by atoms with Crippen LogP contribution in [-0.2, 0) is 0 Å². The molecule has 0 unspecified atom stereocenters. The van der Waals surface area contributed by atoms with Gasteiger partial charge >= 0.3 is 7.12 Å². The topological polar surface area (TPSA) is 49.7 Å². The summed E-state index contributed by atoms with van der Waals surface area (Å²) in [6.07, 6.45) is 7.15. The molecule has 2 rings (SSSR count). The molecule has 0 fully saturated rings. The standard InChI is InChI=1S/C20H26BFO3/c1-2-3-4-5-6-7-14-25-18-12-13-19(20(22)15-18)16-8-10-17(11-9-16)21(23)24/h8-13,15,23-24H,2-7,14H2,1H3. The number of halogens is 1. The molecule has 0 bridgehead atoms. The molecule has 0 saturated heterocycles. The van der Waals surface area contributed by atoms with Crippen molar-refractivity contribution in [3.63, 3.8) is 0 Å². The molecular weight excluding hydrogens is 318 g/mol. The predicted molar refractivity (Wildman–Crippen MR) is 101 cm³/mol. The Hall–Kier alpha value is -1.85. The summed E-state index contributed by atoms with van der Waals surface area (Å²) in [5.41, 5.74) is 1.53. The lowest BCUT2D eigenvalue weighted by molar-refractivity contribution is 0.303. The van der Waals surface area contributed by atoms with Crippen LogP contribution in [0.25, 0.3) is 11.1 Å². The zero-order valence-electron chi connectivity index (χ0n) is 14.7. The van der Waals surface area contributed by atoms with Crippen LogP contribution in [0, 0.1) is 5.82 Å². The van der Waals surface area contributed by atoms with Crippen LogP contribution in [-0.4, -0.2) is 23.8 Å². The van der Waals surface area contributed by atoms with Crippen molar-refractivity contribution in [1.82, 2.24) is 0 Å². The minimum atomic E-state index is -1.52. The summed E-state index contributed by atoms with van der Waals surface area (Å²) < 4.78 is 20.0. The second kappa shape index (κ2) is 10.2. The molecule has 3 nitrogen and oxygen atoms in total. The molecule has 0 aliphatic carbocycles. The first kappa shape index (κ1) is 19.5. The number of hydrogen-bond donors (Lipinski definition) is 2. The van der Waals surface area contributed by atoms with Gasteiger partial charge in [-0.15, -0.1) is 0 Å². The molecule has 0 amide bonds. The van der Waals surface area contributed by atoms with Gasteiger partial charge in [0.1, 0.15) is 11.6 Å². The summed E-state index contributed by atoms with van der Waals surface area (Å²) in [7, 11) is -1.52. The minimum Gasteiger partial charge on any atom is -0.493 e. The van der Waals surface area contributed by atoms with Crippen molar-refractivity contribution in [3.05, 3.63) is 48.3 Å². The van der Waals surface area contributed by atoms with Gasteiger partial charge in [0.05, 0.1) is 6.61 Å². The zero-order valence-corrected chi connectivity index (χ0v) is 14.7. The Morgan fingerprint density at radius 3 is 2.24 bits per heavy atom. The van der Waals surface area contributed by atoms with Gasteiger partial charge in [-0.2, -0.15) is 0 Å². The highest BCUT2D eigenvalue weighted by molar-refractivity contribution is 6.58. The highest BCUT2D eigenvalue weighted by Gasteiger charge is 2.12. The van der Waals surface area contributed by atoms with Gasteiger partial charge in [-0.05, 0) is 29.6 Å². The summed E-state index contributed by atoms with van der Waals surface area (Å²) in [5.74, 6) is 0.190. The fourth-order valence-corrected chi connectivity index (χ4v) is 2.73. The molecule has 0 saturated carbocycles. The molecule has 2 aromatic carbocycles. The largest absolute Gasteiger partial charge is 0.493 e. The minimum absolute atomic E-state index is 0.349. The van der Waals surface area contributed by atoms with Gasteiger partial charge in [-0.3, -0.25) is 0 Å². The highest BCUT2D eigenvalue weighted by atomic mass is 19.1. The summed E-state index contributed by atoms with van der Waals surface area (Å²) in [5, 5.41) is 18.2. The molecule has 25 heavy (non-hydrogen) atoms. The Morgan fingerprint density at radius 2 is 1.60 bits per heavy atom. The van der Waals surface area contributed by atoms with E-state index in [1.54, 1.807) is 36.4 Å². The van der Waals surface area contributed by atoms with Crippen molar-refractivity contribution in [1.29, 1.82) is 0 Å². The molecule has 0 heterocycles. The van der Waals surface area contributed by atoms with Crippen LogP contribution in [0.2, 0.25) is 0 Å². The molecule has 0 spiro atoms. The number of ether oxygens (including phenoxy) is 1. The molecular formula is C20H26BFO3. The second-order valence-corrected chi connectivity index (χ2v) is 6.25. The van der Waals surface area contributed by atoms with Gasteiger partial charge in [-0.25, -0.2) is 4.39 Å². The Balaban J connectivity index is 1.87. The lowest BCUT2D eigenvalue weighted by Gasteiger charge is -2.09. The van der Waals surface area contributed by atoms with Gasteiger partial charge in [0.25, 0.3) is 0 Å². The molecule has 0 atom stereocenters. The second-order valence-electron chi connectivity index (χ2n) is 6.25. The average Bonchev–Trinajstić information content (AvgIpc) is 2.61. The van der Waals surface area contributed by atoms with Crippen LogP contribution >= 0.6 is 0 Å². The first-order chi connectivity index (χ1) is 12.1. The third-order valence-electron chi connectivity index (χ3n) is 4.23. The first-order valence-corrected chi connectivity index (χ1v) is 9.00. The van der Waals surface area contributed by atoms with Crippen molar-refractivity contribution in [3.8, 4) is 16.9 Å². The van der Waals surface area contributed by atoms with Gasteiger partial charge in [0.15, 0.2) is 0 Å². The third kappa shape index (κ3) is 6.18. The Labute approximate surface area is 149 Å². The van der Waals surface area contributed by atoms with E-state index in [-0.39, 0.29) is 5.82 Å². The molecule has 0 radical (unpaired) electrons. The van der Waals surface area contributed by atoms with E-state index in [1.165, 1.54) is 31.7 Å². The van der Waals surface area contributed by atoms with Crippen LogP contribution in [0.1, 0.15) is 45.4 Å². The maximum Gasteiger partial charge on any atom is 0.488 e. The third-order valence-corrected chi connectivity index (χ3v) is 4.23. The molecule has 134 valence electrons. The van der Waals surface area contributed by atoms with E-state index < -0.39 is 7.12 Å². The smallest absolute Gasteiger partial charge is 0.488 e. The van der Waals surface area contributed by atoms with E-state index in [0.29, 0.717) is 28.9 Å². The van der Waals surface area contributed by atoms with E-state index in [2.05, 4.69) is 6.92 Å². The Kier molecular flexibility index (Phi) is 7.96. The molecule has 0 aliphatic heterocycles. The first-order valence-electron chi connectivity index (χ1n) is 9.00. The molecule has 0 aliphatic rings. The lowest BCUT2D eigenvalue weighted by atomic mass is 9.80. The van der Waals surface area contributed by atoms with Crippen molar-refractivity contribution in [2.75, 3.05) is 6.61 Å². The highest BCUT2D eigenvalue weighted by Crippen LogP contribution is 2.26.